The van der Waals surface area contributed by atoms with Crippen molar-refractivity contribution in [3.63, 3.8) is 0 Å². The van der Waals surface area contributed by atoms with Crippen molar-refractivity contribution < 1.29 is 9.47 Å². The zero-order valence-corrected chi connectivity index (χ0v) is 18.0. The summed E-state index contributed by atoms with van der Waals surface area (Å²) in [5.74, 6) is 1.48. The predicted molar refractivity (Wildman–Crippen MR) is 120 cm³/mol. The highest BCUT2D eigenvalue weighted by molar-refractivity contribution is 6.43. The van der Waals surface area contributed by atoms with Gasteiger partial charge in [-0.05, 0) is 36.4 Å². The number of halogens is 3. The molecule has 4 aromatic rings. The van der Waals surface area contributed by atoms with E-state index >= 15 is 0 Å². The highest BCUT2D eigenvalue weighted by Crippen LogP contribution is 2.35. The molecule has 0 fully saturated rings. The van der Waals surface area contributed by atoms with Crippen LogP contribution in [0.15, 0.2) is 59.4 Å². The van der Waals surface area contributed by atoms with Gasteiger partial charge in [0.15, 0.2) is 0 Å². The number of aromatic nitrogens is 2. The van der Waals surface area contributed by atoms with Gasteiger partial charge in [0.2, 0.25) is 0 Å². The molecule has 1 aromatic heterocycles. The molecule has 0 radical (unpaired) electrons. The van der Waals surface area contributed by atoms with Crippen molar-refractivity contribution in [1.82, 2.24) is 9.97 Å². The van der Waals surface area contributed by atoms with Crippen molar-refractivity contribution in [2.75, 3.05) is 7.11 Å². The quantitative estimate of drug-likeness (QED) is 0.363. The highest BCUT2D eigenvalue weighted by atomic mass is 35.5. The van der Waals surface area contributed by atoms with Gasteiger partial charge in [-0.15, -0.1) is 0 Å². The Bertz CT molecular complexity index is 1300. The molecule has 0 bridgehead atoms. The number of para-hydroxylation sites is 1. The Morgan fingerprint density at radius 1 is 0.933 bits per heavy atom. The molecule has 0 saturated heterocycles. The molecule has 0 unspecified atom stereocenters. The van der Waals surface area contributed by atoms with Gasteiger partial charge in [0, 0.05) is 17.2 Å². The normalized spacial score (nSPS) is 10.9. The first-order chi connectivity index (χ1) is 14.5. The van der Waals surface area contributed by atoms with Crippen LogP contribution < -0.4 is 15.0 Å². The van der Waals surface area contributed by atoms with Crippen molar-refractivity contribution in [3.8, 4) is 22.9 Å². The minimum Gasteiger partial charge on any atom is -0.496 e. The van der Waals surface area contributed by atoms with Crippen LogP contribution in [0.1, 0.15) is 5.56 Å². The smallest absolute Gasteiger partial charge is 0.259 e. The molecule has 0 aliphatic rings. The Balaban J connectivity index is 1.69. The molecule has 0 amide bonds. The number of ether oxygens (including phenoxy) is 2. The second-order valence-electron chi connectivity index (χ2n) is 6.44. The van der Waals surface area contributed by atoms with E-state index in [-0.39, 0.29) is 12.2 Å². The zero-order chi connectivity index (χ0) is 21.3. The van der Waals surface area contributed by atoms with Crippen molar-refractivity contribution in [2.45, 2.75) is 6.61 Å². The number of rotatable bonds is 5. The third-order valence-electron chi connectivity index (χ3n) is 4.52. The summed E-state index contributed by atoms with van der Waals surface area (Å²) in [6, 6.07) is 15.7. The van der Waals surface area contributed by atoms with Crippen LogP contribution in [0.5, 0.6) is 11.5 Å². The molecular formula is C22H15Cl3N2O3. The second kappa shape index (κ2) is 8.56. The lowest BCUT2D eigenvalue weighted by molar-refractivity contribution is 0.297. The summed E-state index contributed by atoms with van der Waals surface area (Å²) >= 11 is 18.2. The largest absolute Gasteiger partial charge is 0.496 e. The van der Waals surface area contributed by atoms with Crippen molar-refractivity contribution in [1.29, 1.82) is 0 Å². The third kappa shape index (κ3) is 4.10. The van der Waals surface area contributed by atoms with Crippen LogP contribution in [0.3, 0.4) is 0 Å². The molecule has 4 rings (SSSR count). The second-order valence-corrected chi connectivity index (χ2v) is 7.67. The first-order valence-electron chi connectivity index (χ1n) is 8.90. The fourth-order valence-corrected chi connectivity index (χ4v) is 3.62. The molecule has 0 aliphatic heterocycles. The van der Waals surface area contributed by atoms with Gasteiger partial charge in [0.05, 0.1) is 33.1 Å². The van der Waals surface area contributed by atoms with Gasteiger partial charge in [-0.25, -0.2) is 4.98 Å². The lowest BCUT2D eigenvalue weighted by atomic mass is 10.1. The van der Waals surface area contributed by atoms with E-state index < -0.39 is 0 Å². The summed E-state index contributed by atoms with van der Waals surface area (Å²) in [6.07, 6.45) is 0. The number of H-pyrrole nitrogens is 1. The zero-order valence-electron chi connectivity index (χ0n) is 15.7. The number of fused-ring (bicyclic) bond motifs is 1. The van der Waals surface area contributed by atoms with E-state index in [0.717, 1.165) is 11.1 Å². The monoisotopic (exact) mass is 460 g/mol. The Morgan fingerprint density at radius 3 is 2.50 bits per heavy atom. The molecule has 1 N–H and O–H groups in total. The van der Waals surface area contributed by atoms with E-state index in [1.807, 2.05) is 18.2 Å². The van der Waals surface area contributed by atoms with Gasteiger partial charge in [0.1, 0.15) is 23.9 Å². The van der Waals surface area contributed by atoms with Crippen LogP contribution in [0.25, 0.3) is 22.3 Å². The number of aromatic amines is 1. The van der Waals surface area contributed by atoms with E-state index in [4.69, 9.17) is 44.3 Å². The van der Waals surface area contributed by atoms with E-state index in [1.165, 1.54) is 6.07 Å². The van der Waals surface area contributed by atoms with Gasteiger partial charge < -0.3 is 14.5 Å². The first kappa shape index (κ1) is 20.5. The standard InChI is InChI=1S/C22H15Cl3N2O3/c1-29-19-7-6-12(21-26-18-5-3-2-4-14(18)22(28)27-21)8-13(19)11-30-20-10-16(24)15(23)9-17(20)25/h2-10H,11H2,1H3,(H,26,27,28). The van der Waals surface area contributed by atoms with Gasteiger partial charge >= 0.3 is 0 Å². The van der Waals surface area contributed by atoms with Crippen LogP contribution >= 0.6 is 34.8 Å². The van der Waals surface area contributed by atoms with Crippen molar-refractivity contribution in [2.24, 2.45) is 0 Å². The molecule has 1 heterocycles. The molecule has 30 heavy (non-hydrogen) atoms. The average Bonchev–Trinajstić information content (AvgIpc) is 2.75. The summed E-state index contributed by atoms with van der Waals surface area (Å²) in [6.45, 7) is 0.159. The summed E-state index contributed by atoms with van der Waals surface area (Å²) in [5.41, 5.74) is 1.88. The predicted octanol–water partition coefficient (Wildman–Crippen LogP) is 6.14. The van der Waals surface area contributed by atoms with Gasteiger partial charge in [0.25, 0.3) is 5.56 Å². The maximum absolute atomic E-state index is 12.4. The Morgan fingerprint density at radius 2 is 1.70 bits per heavy atom. The molecule has 0 aliphatic carbocycles. The molecule has 152 valence electrons. The lowest BCUT2D eigenvalue weighted by Crippen LogP contribution is -2.09. The van der Waals surface area contributed by atoms with Crippen molar-refractivity contribution >= 4 is 45.7 Å². The Hall–Kier alpha value is -2.73. The fraction of sp³-hybridized carbons (Fsp3) is 0.0909. The SMILES string of the molecule is COc1ccc(-c2nc3ccccc3c(=O)[nH]2)cc1COc1cc(Cl)c(Cl)cc1Cl. The van der Waals surface area contributed by atoms with Crippen LogP contribution in [-0.4, -0.2) is 17.1 Å². The van der Waals surface area contributed by atoms with E-state index in [0.29, 0.717) is 43.3 Å². The number of nitrogens with zero attached hydrogens (tertiary/aromatic N) is 1. The topological polar surface area (TPSA) is 64.2 Å². The fourth-order valence-electron chi connectivity index (χ4n) is 3.03. The molecule has 0 saturated carbocycles. The Labute approximate surface area is 187 Å². The van der Waals surface area contributed by atoms with Crippen LogP contribution in [0.2, 0.25) is 15.1 Å². The molecule has 3 aromatic carbocycles. The number of benzene rings is 3. The van der Waals surface area contributed by atoms with E-state index in [9.17, 15) is 4.79 Å². The number of nitrogens with one attached hydrogen (secondary N) is 1. The number of methoxy groups -OCH3 is 1. The number of hydrogen-bond donors (Lipinski definition) is 1. The van der Waals surface area contributed by atoms with Crippen LogP contribution in [0.4, 0.5) is 0 Å². The molecule has 0 atom stereocenters. The van der Waals surface area contributed by atoms with Gasteiger partial charge in [-0.1, -0.05) is 46.9 Å². The number of hydrogen-bond acceptors (Lipinski definition) is 4. The molecule has 8 heteroatoms. The third-order valence-corrected chi connectivity index (χ3v) is 5.54. The molecule has 5 nitrogen and oxygen atoms in total. The maximum atomic E-state index is 12.4. The van der Waals surface area contributed by atoms with Gasteiger partial charge in [-0.2, -0.15) is 0 Å². The minimum absolute atomic E-state index is 0.159. The summed E-state index contributed by atoms with van der Waals surface area (Å²) in [7, 11) is 1.57. The lowest BCUT2D eigenvalue weighted by Gasteiger charge is -2.13. The van der Waals surface area contributed by atoms with Crippen LogP contribution in [0, 0.1) is 0 Å². The van der Waals surface area contributed by atoms with Crippen LogP contribution in [-0.2, 0) is 6.61 Å². The minimum atomic E-state index is -0.202. The van der Waals surface area contributed by atoms with Crippen molar-refractivity contribution in [3.05, 3.63) is 85.6 Å². The average molecular weight is 462 g/mol. The van der Waals surface area contributed by atoms with Gasteiger partial charge in [-0.3, -0.25) is 4.79 Å². The van der Waals surface area contributed by atoms with E-state index in [2.05, 4.69) is 9.97 Å². The molecular weight excluding hydrogens is 447 g/mol. The Kier molecular flexibility index (Phi) is 5.86. The highest BCUT2D eigenvalue weighted by Gasteiger charge is 2.12. The summed E-state index contributed by atoms with van der Waals surface area (Å²) in [4.78, 5) is 19.8. The van der Waals surface area contributed by atoms with E-state index in [1.54, 1.807) is 37.4 Å². The molecule has 0 spiro atoms. The first-order valence-corrected chi connectivity index (χ1v) is 10.0. The summed E-state index contributed by atoms with van der Waals surface area (Å²) < 4.78 is 11.3. The summed E-state index contributed by atoms with van der Waals surface area (Å²) in [5, 5.41) is 1.57. The maximum Gasteiger partial charge on any atom is 0.259 e.